The Morgan fingerprint density at radius 1 is 1.28 bits per heavy atom. The van der Waals surface area contributed by atoms with Gasteiger partial charge in [0, 0.05) is 25.8 Å². The van der Waals surface area contributed by atoms with E-state index in [1.165, 1.54) is 5.56 Å². The molecule has 0 radical (unpaired) electrons. The SMILES string of the molecule is CC(C)(C)S(=O)CC1(c2ccc(Br)cc2)COC1. The van der Waals surface area contributed by atoms with Gasteiger partial charge in [-0.2, -0.15) is 0 Å². The van der Waals surface area contributed by atoms with Gasteiger partial charge >= 0.3 is 0 Å². The molecule has 0 saturated carbocycles. The van der Waals surface area contributed by atoms with Gasteiger partial charge in [0.1, 0.15) is 0 Å². The van der Waals surface area contributed by atoms with E-state index in [2.05, 4.69) is 28.1 Å². The van der Waals surface area contributed by atoms with E-state index in [4.69, 9.17) is 4.74 Å². The smallest absolute Gasteiger partial charge is 0.0594 e. The van der Waals surface area contributed by atoms with Crippen LogP contribution in [0.15, 0.2) is 28.7 Å². The molecule has 1 saturated heterocycles. The topological polar surface area (TPSA) is 26.3 Å². The molecule has 2 rings (SSSR count). The number of rotatable bonds is 3. The Morgan fingerprint density at radius 2 is 1.83 bits per heavy atom. The Bertz CT molecular complexity index is 444. The summed E-state index contributed by atoms with van der Waals surface area (Å²) in [6.07, 6.45) is 0. The summed E-state index contributed by atoms with van der Waals surface area (Å²) in [6.45, 7) is 7.43. The van der Waals surface area contributed by atoms with Crippen molar-refractivity contribution in [2.75, 3.05) is 19.0 Å². The van der Waals surface area contributed by atoms with E-state index in [1.54, 1.807) is 0 Å². The summed E-state index contributed by atoms with van der Waals surface area (Å²) in [5.74, 6) is 0.679. The molecule has 1 heterocycles. The lowest BCUT2D eigenvalue weighted by molar-refractivity contribution is -0.0478. The van der Waals surface area contributed by atoms with Gasteiger partial charge in [0.15, 0.2) is 0 Å². The van der Waals surface area contributed by atoms with Crippen molar-refractivity contribution in [3.63, 3.8) is 0 Å². The Hall–Kier alpha value is -0.190. The number of halogens is 1. The average Bonchev–Trinajstić information content (AvgIpc) is 2.23. The normalized spacial score (nSPS) is 20.2. The molecule has 100 valence electrons. The highest BCUT2D eigenvalue weighted by molar-refractivity contribution is 9.10. The van der Waals surface area contributed by atoms with Gasteiger partial charge in [-0.05, 0) is 38.5 Å². The largest absolute Gasteiger partial charge is 0.379 e. The van der Waals surface area contributed by atoms with Crippen LogP contribution < -0.4 is 0 Å². The third kappa shape index (κ3) is 2.86. The van der Waals surface area contributed by atoms with E-state index in [0.29, 0.717) is 19.0 Å². The van der Waals surface area contributed by atoms with Crippen LogP contribution in [0.3, 0.4) is 0 Å². The fourth-order valence-corrected chi connectivity index (χ4v) is 3.49. The lowest BCUT2D eigenvalue weighted by Crippen LogP contribution is -2.52. The highest BCUT2D eigenvalue weighted by Crippen LogP contribution is 2.35. The van der Waals surface area contributed by atoms with Gasteiger partial charge in [-0.15, -0.1) is 0 Å². The van der Waals surface area contributed by atoms with Crippen molar-refractivity contribution >= 4 is 26.7 Å². The molecule has 1 atom stereocenters. The predicted molar refractivity (Wildman–Crippen MR) is 79.4 cm³/mol. The zero-order valence-electron chi connectivity index (χ0n) is 11.0. The van der Waals surface area contributed by atoms with Crippen molar-refractivity contribution in [2.24, 2.45) is 0 Å². The van der Waals surface area contributed by atoms with Gasteiger partial charge in [0.05, 0.1) is 18.6 Å². The fraction of sp³-hybridized carbons (Fsp3) is 0.571. The molecule has 1 aromatic rings. The van der Waals surface area contributed by atoms with E-state index in [0.717, 1.165) is 4.47 Å². The molecule has 0 spiro atoms. The molecule has 1 aliphatic rings. The van der Waals surface area contributed by atoms with Gasteiger partial charge in [-0.1, -0.05) is 28.1 Å². The average molecular weight is 331 g/mol. The van der Waals surface area contributed by atoms with Crippen LogP contribution in [0.25, 0.3) is 0 Å². The van der Waals surface area contributed by atoms with Crippen LogP contribution in [0.1, 0.15) is 26.3 Å². The summed E-state index contributed by atoms with van der Waals surface area (Å²) < 4.78 is 18.6. The molecule has 4 heteroatoms. The lowest BCUT2D eigenvalue weighted by Gasteiger charge is -2.43. The Kier molecular flexibility index (Phi) is 4.00. The second-order valence-corrected chi connectivity index (χ2v) is 9.00. The third-order valence-electron chi connectivity index (χ3n) is 3.30. The minimum atomic E-state index is -0.853. The zero-order valence-corrected chi connectivity index (χ0v) is 13.4. The van der Waals surface area contributed by atoms with Crippen LogP contribution in [-0.2, 0) is 21.0 Å². The molecule has 2 nitrogen and oxygen atoms in total. The van der Waals surface area contributed by atoms with E-state index < -0.39 is 10.8 Å². The standard InChI is InChI=1S/C14H19BrO2S/c1-13(2,3)18(16)10-14(8-17-9-14)11-4-6-12(15)7-5-11/h4-7H,8-10H2,1-3H3. The summed E-state index contributed by atoms with van der Waals surface area (Å²) in [6, 6.07) is 8.28. The van der Waals surface area contributed by atoms with Gasteiger partial charge in [-0.25, -0.2) is 0 Å². The van der Waals surface area contributed by atoms with Crippen LogP contribution in [0.5, 0.6) is 0 Å². The van der Waals surface area contributed by atoms with Crippen molar-refractivity contribution in [2.45, 2.75) is 30.9 Å². The van der Waals surface area contributed by atoms with E-state index in [9.17, 15) is 4.21 Å². The maximum atomic E-state index is 12.4. The summed E-state index contributed by atoms with van der Waals surface area (Å²) in [4.78, 5) is 0. The van der Waals surface area contributed by atoms with Crippen molar-refractivity contribution < 1.29 is 8.95 Å². The first kappa shape index (κ1) is 14.2. The molecule has 1 aliphatic heterocycles. The van der Waals surface area contributed by atoms with Gasteiger partial charge in [0.2, 0.25) is 0 Å². The molecule has 0 amide bonds. The van der Waals surface area contributed by atoms with Crippen LogP contribution in [0.4, 0.5) is 0 Å². The van der Waals surface area contributed by atoms with Gasteiger partial charge in [0.25, 0.3) is 0 Å². The van der Waals surface area contributed by atoms with Crippen molar-refractivity contribution in [3.05, 3.63) is 34.3 Å². The molecule has 0 aliphatic carbocycles. The van der Waals surface area contributed by atoms with E-state index >= 15 is 0 Å². The molecular weight excluding hydrogens is 312 g/mol. The second-order valence-electron chi connectivity index (χ2n) is 5.88. The molecule has 0 aromatic heterocycles. The van der Waals surface area contributed by atoms with Crippen LogP contribution in [0, 0.1) is 0 Å². The highest BCUT2D eigenvalue weighted by Gasteiger charge is 2.43. The molecule has 1 unspecified atom stereocenters. The molecule has 18 heavy (non-hydrogen) atoms. The lowest BCUT2D eigenvalue weighted by atomic mass is 9.80. The molecular formula is C14H19BrO2S. The molecule has 0 bridgehead atoms. The first-order valence-corrected chi connectivity index (χ1v) is 8.17. The Balaban J connectivity index is 2.21. The Labute approximate surface area is 120 Å². The maximum absolute atomic E-state index is 12.4. The third-order valence-corrected chi connectivity index (χ3v) is 6.01. The van der Waals surface area contributed by atoms with E-state index in [-0.39, 0.29) is 10.2 Å². The summed E-state index contributed by atoms with van der Waals surface area (Å²) in [5.41, 5.74) is 1.17. The van der Waals surface area contributed by atoms with Crippen molar-refractivity contribution in [1.82, 2.24) is 0 Å². The maximum Gasteiger partial charge on any atom is 0.0594 e. The van der Waals surface area contributed by atoms with E-state index in [1.807, 2.05) is 32.9 Å². The quantitative estimate of drug-likeness (QED) is 0.850. The fourth-order valence-electron chi connectivity index (χ4n) is 1.95. The number of hydrogen-bond acceptors (Lipinski definition) is 2. The number of ether oxygens (including phenoxy) is 1. The second kappa shape index (κ2) is 5.06. The van der Waals surface area contributed by atoms with Crippen LogP contribution >= 0.6 is 15.9 Å². The molecule has 1 fully saturated rings. The summed E-state index contributed by atoms with van der Waals surface area (Å²) >= 11 is 3.44. The van der Waals surface area contributed by atoms with Crippen LogP contribution in [-0.4, -0.2) is 27.9 Å². The number of benzene rings is 1. The first-order valence-electron chi connectivity index (χ1n) is 6.06. The predicted octanol–water partition coefficient (Wildman–Crippen LogP) is 3.26. The summed E-state index contributed by atoms with van der Waals surface area (Å²) in [7, 11) is -0.853. The van der Waals surface area contributed by atoms with Gasteiger partial charge < -0.3 is 4.74 Å². The monoisotopic (exact) mass is 330 g/mol. The van der Waals surface area contributed by atoms with Gasteiger partial charge in [-0.3, -0.25) is 4.21 Å². The summed E-state index contributed by atoms with van der Waals surface area (Å²) in [5, 5.41) is 0. The Morgan fingerprint density at radius 3 is 2.22 bits per heavy atom. The highest BCUT2D eigenvalue weighted by atomic mass is 79.9. The molecule has 0 N–H and O–H groups in total. The minimum Gasteiger partial charge on any atom is -0.379 e. The minimum absolute atomic E-state index is 0.0567. The zero-order chi connectivity index (χ0) is 13.4. The molecule has 1 aromatic carbocycles. The van der Waals surface area contributed by atoms with Crippen LogP contribution in [0.2, 0.25) is 0 Å². The van der Waals surface area contributed by atoms with Crippen molar-refractivity contribution in [1.29, 1.82) is 0 Å². The number of hydrogen-bond donors (Lipinski definition) is 0. The van der Waals surface area contributed by atoms with Crippen molar-refractivity contribution in [3.8, 4) is 0 Å². The first-order chi connectivity index (χ1) is 8.33.